The van der Waals surface area contributed by atoms with E-state index in [0.717, 1.165) is 13.0 Å². The molecule has 80 valence electrons. The summed E-state index contributed by atoms with van der Waals surface area (Å²) in [5.74, 6) is 0.251. The Kier molecular flexibility index (Phi) is 2.74. The molecular formula is C10H19N3O. The largest absolute Gasteiger partial charge is 0.340 e. The predicted molar refractivity (Wildman–Crippen MR) is 54.8 cm³/mol. The number of hydrogen-bond donors (Lipinski definition) is 1. The van der Waals surface area contributed by atoms with Gasteiger partial charge in [-0.25, -0.2) is 0 Å². The highest BCUT2D eigenvalue weighted by Crippen LogP contribution is 2.29. The van der Waals surface area contributed by atoms with E-state index in [1.54, 1.807) is 0 Å². The van der Waals surface area contributed by atoms with Gasteiger partial charge in [0.15, 0.2) is 0 Å². The SMILES string of the molecule is CN1C(=O)CN(C2CC2)CC1CCN. The summed E-state index contributed by atoms with van der Waals surface area (Å²) in [6, 6.07) is 1.02. The number of carbonyl (C=O) groups is 1. The summed E-state index contributed by atoms with van der Waals surface area (Å²) in [5.41, 5.74) is 5.55. The van der Waals surface area contributed by atoms with Crippen LogP contribution in [0.1, 0.15) is 19.3 Å². The summed E-state index contributed by atoms with van der Waals surface area (Å²) < 4.78 is 0. The van der Waals surface area contributed by atoms with Crippen LogP contribution >= 0.6 is 0 Å². The molecule has 2 rings (SSSR count). The maximum absolute atomic E-state index is 11.7. The Morgan fingerprint density at radius 2 is 2.21 bits per heavy atom. The van der Waals surface area contributed by atoms with Crippen molar-refractivity contribution in [3.8, 4) is 0 Å². The third kappa shape index (κ3) is 1.91. The third-order valence-electron chi connectivity index (χ3n) is 3.29. The van der Waals surface area contributed by atoms with Gasteiger partial charge < -0.3 is 10.6 Å². The lowest BCUT2D eigenvalue weighted by Gasteiger charge is -2.39. The molecule has 2 fully saturated rings. The number of carbonyl (C=O) groups excluding carboxylic acids is 1. The lowest BCUT2D eigenvalue weighted by atomic mass is 10.1. The van der Waals surface area contributed by atoms with E-state index >= 15 is 0 Å². The number of hydrogen-bond acceptors (Lipinski definition) is 3. The lowest BCUT2D eigenvalue weighted by Crippen LogP contribution is -2.55. The zero-order chi connectivity index (χ0) is 10.1. The molecule has 1 saturated carbocycles. The molecule has 1 aliphatic carbocycles. The molecule has 4 nitrogen and oxygen atoms in total. The number of nitrogens with zero attached hydrogens (tertiary/aromatic N) is 2. The smallest absolute Gasteiger partial charge is 0.236 e. The van der Waals surface area contributed by atoms with Crippen molar-refractivity contribution in [1.29, 1.82) is 0 Å². The van der Waals surface area contributed by atoms with Crippen LogP contribution in [-0.4, -0.2) is 54.5 Å². The minimum Gasteiger partial charge on any atom is -0.340 e. The number of piperazine rings is 1. The van der Waals surface area contributed by atoms with E-state index in [1.807, 2.05) is 11.9 Å². The standard InChI is InChI=1S/C10H19N3O/c1-12-9(4-5-11)6-13(7-10(12)14)8-2-3-8/h8-9H,2-7,11H2,1H3. The molecule has 0 aromatic rings. The molecule has 1 atom stereocenters. The molecule has 4 heteroatoms. The van der Waals surface area contributed by atoms with E-state index in [0.29, 0.717) is 25.2 Å². The van der Waals surface area contributed by atoms with E-state index in [1.165, 1.54) is 12.8 Å². The van der Waals surface area contributed by atoms with E-state index in [9.17, 15) is 4.79 Å². The van der Waals surface area contributed by atoms with Gasteiger partial charge in [-0.05, 0) is 25.8 Å². The fourth-order valence-corrected chi connectivity index (χ4v) is 2.14. The van der Waals surface area contributed by atoms with Gasteiger partial charge >= 0.3 is 0 Å². The Morgan fingerprint density at radius 1 is 1.50 bits per heavy atom. The van der Waals surface area contributed by atoms with E-state index in [2.05, 4.69) is 4.90 Å². The Labute approximate surface area is 85.0 Å². The van der Waals surface area contributed by atoms with Gasteiger partial charge in [-0.3, -0.25) is 9.69 Å². The second-order valence-electron chi connectivity index (χ2n) is 4.40. The molecule has 1 amide bonds. The molecule has 1 saturated heterocycles. The molecule has 0 aromatic carbocycles. The maximum atomic E-state index is 11.7. The molecule has 1 heterocycles. The van der Waals surface area contributed by atoms with Crippen LogP contribution < -0.4 is 5.73 Å². The Hall–Kier alpha value is -0.610. The average Bonchev–Trinajstić information content (AvgIpc) is 2.96. The van der Waals surface area contributed by atoms with Crippen LogP contribution in [0.15, 0.2) is 0 Å². The van der Waals surface area contributed by atoms with Crippen LogP contribution in [0.25, 0.3) is 0 Å². The van der Waals surface area contributed by atoms with Crippen LogP contribution in [0.2, 0.25) is 0 Å². The molecular weight excluding hydrogens is 178 g/mol. The van der Waals surface area contributed by atoms with Crippen molar-refractivity contribution in [2.45, 2.75) is 31.3 Å². The summed E-state index contributed by atoms with van der Waals surface area (Å²) in [5, 5.41) is 0. The van der Waals surface area contributed by atoms with Crippen molar-refractivity contribution in [2.75, 3.05) is 26.7 Å². The first-order chi connectivity index (χ1) is 6.72. The minimum absolute atomic E-state index is 0.251. The summed E-state index contributed by atoms with van der Waals surface area (Å²) in [6.07, 6.45) is 3.46. The lowest BCUT2D eigenvalue weighted by molar-refractivity contribution is -0.138. The molecule has 2 N–H and O–H groups in total. The summed E-state index contributed by atoms with van der Waals surface area (Å²) in [7, 11) is 1.90. The molecule has 2 aliphatic rings. The van der Waals surface area contributed by atoms with Gasteiger partial charge in [0.25, 0.3) is 0 Å². The highest BCUT2D eigenvalue weighted by molar-refractivity contribution is 5.79. The first-order valence-electron chi connectivity index (χ1n) is 5.42. The normalized spacial score (nSPS) is 29.7. The van der Waals surface area contributed by atoms with Gasteiger partial charge in [0.1, 0.15) is 0 Å². The van der Waals surface area contributed by atoms with E-state index in [4.69, 9.17) is 5.73 Å². The van der Waals surface area contributed by atoms with Crippen LogP contribution in [-0.2, 0) is 4.79 Å². The van der Waals surface area contributed by atoms with Crippen LogP contribution in [0.3, 0.4) is 0 Å². The Balaban J connectivity index is 1.96. The first kappa shape index (κ1) is 9.93. The number of rotatable bonds is 3. The van der Waals surface area contributed by atoms with Gasteiger partial charge in [-0.15, -0.1) is 0 Å². The van der Waals surface area contributed by atoms with E-state index < -0.39 is 0 Å². The van der Waals surface area contributed by atoms with E-state index in [-0.39, 0.29) is 5.91 Å². The van der Waals surface area contributed by atoms with Crippen molar-refractivity contribution in [2.24, 2.45) is 5.73 Å². The van der Waals surface area contributed by atoms with Gasteiger partial charge in [0, 0.05) is 25.7 Å². The molecule has 14 heavy (non-hydrogen) atoms. The third-order valence-corrected chi connectivity index (χ3v) is 3.29. The van der Waals surface area contributed by atoms with Crippen molar-refractivity contribution >= 4 is 5.91 Å². The van der Waals surface area contributed by atoms with Crippen LogP contribution in [0.5, 0.6) is 0 Å². The van der Waals surface area contributed by atoms with Crippen molar-refractivity contribution in [3.05, 3.63) is 0 Å². The van der Waals surface area contributed by atoms with Crippen LogP contribution in [0, 0.1) is 0 Å². The Bertz CT molecular complexity index is 227. The summed E-state index contributed by atoms with van der Waals surface area (Å²) >= 11 is 0. The fourth-order valence-electron chi connectivity index (χ4n) is 2.14. The van der Waals surface area contributed by atoms with Crippen molar-refractivity contribution in [3.63, 3.8) is 0 Å². The quantitative estimate of drug-likeness (QED) is 0.672. The minimum atomic E-state index is 0.251. The monoisotopic (exact) mass is 197 g/mol. The molecule has 0 spiro atoms. The summed E-state index contributed by atoms with van der Waals surface area (Å²) in [6.45, 7) is 2.30. The molecule has 1 aliphatic heterocycles. The second kappa shape index (κ2) is 3.87. The zero-order valence-electron chi connectivity index (χ0n) is 8.78. The van der Waals surface area contributed by atoms with Crippen LogP contribution in [0.4, 0.5) is 0 Å². The number of amides is 1. The highest BCUT2D eigenvalue weighted by atomic mass is 16.2. The number of likely N-dealkylation sites (N-methyl/N-ethyl adjacent to an activating group) is 1. The van der Waals surface area contributed by atoms with Crippen molar-refractivity contribution in [1.82, 2.24) is 9.80 Å². The topological polar surface area (TPSA) is 49.6 Å². The zero-order valence-corrected chi connectivity index (χ0v) is 8.78. The van der Waals surface area contributed by atoms with Gasteiger partial charge in [0.05, 0.1) is 6.54 Å². The summed E-state index contributed by atoms with van der Waals surface area (Å²) in [4.78, 5) is 15.9. The molecule has 0 bridgehead atoms. The molecule has 0 aromatic heterocycles. The predicted octanol–water partition coefficient (Wildman–Crippen LogP) is -0.360. The Morgan fingerprint density at radius 3 is 2.79 bits per heavy atom. The van der Waals surface area contributed by atoms with Gasteiger partial charge in [0.2, 0.25) is 5.91 Å². The van der Waals surface area contributed by atoms with Gasteiger partial charge in [-0.1, -0.05) is 0 Å². The number of nitrogens with two attached hydrogens (primary N) is 1. The second-order valence-corrected chi connectivity index (χ2v) is 4.40. The molecule has 1 unspecified atom stereocenters. The van der Waals surface area contributed by atoms with Crippen molar-refractivity contribution < 1.29 is 4.79 Å². The average molecular weight is 197 g/mol. The highest BCUT2D eigenvalue weighted by Gasteiger charge is 2.37. The van der Waals surface area contributed by atoms with Gasteiger partial charge in [-0.2, -0.15) is 0 Å². The fraction of sp³-hybridized carbons (Fsp3) is 0.900. The molecule has 0 radical (unpaired) electrons. The maximum Gasteiger partial charge on any atom is 0.236 e. The first-order valence-corrected chi connectivity index (χ1v) is 5.42.